The van der Waals surface area contributed by atoms with E-state index in [1.54, 1.807) is 0 Å². The maximum Gasteiger partial charge on any atom is 0.254 e. The second-order valence-corrected chi connectivity index (χ2v) is 5.49. The summed E-state index contributed by atoms with van der Waals surface area (Å²) < 4.78 is 53.2. The lowest BCUT2D eigenvalue weighted by Gasteiger charge is -2.27. The van der Waals surface area contributed by atoms with Gasteiger partial charge in [-0.3, -0.25) is 0 Å². The van der Waals surface area contributed by atoms with Crippen LogP contribution >= 0.6 is 0 Å². The van der Waals surface area contributed by atoms with Crippen molar-refractivity contribution in [2.75, 3.05) is 0 Å². The van der Waals surface area contributed by atoms with Crippen LogP contribution < -0.4 is 0 Å². The van der Waals surface area contributed by atoms with Gasteiger partial charge in [0.05, 0.1) is 6.42 Å². The molecule has 0 aromatic rings. The summed E-state index contributed by atoms with van der Waals surface area (Å²) >= 11 is 0. The van der Waals surface area contributed by atoms with Crippen LogP contribution in [0.5, 0.6) is 0 Å². The topological polar surface area (TPSA) is 0 Å². The van der Waals surface area contributed by atoms with Gasteiger partial charge in [-0.05, 0) is 30.6 Å². The summed E-state index contributed by atoms with van der Waals surface area (Å²) in [6.07, 6.45) is 3.54. The molecule has 0 aromatic carbocycles. The minimum absolute atomic E-state index is 0.104. The fourth-order valence-electron chi connectivity index (χ4n) is 3.09. The van der Waals surface area contributed by atoms with Crippen molar-refractivity contribution in [1.29, 1.82) is 0 Å². The first kappa shape index (κ1) is 12.9. The van der Waals surface area contributed by atoms with E-state index < -0.39 is 24.7 Å². The highest BCUT2D eigenvalue weighted by atomic mass is 19.3. The van der Waals surface area contributed by atoms with Crippen LogP contribution in [0.15, 0.2) is 12.2 Å². The molecule has 3 unspecified atom stereocenters. The average molecular weight is 250 g/mol. The largest absolute Gasteiger partial charge is 0.254 e. The first-order valence-corrected chi connectivity index (χ1v) is 6.25. The molecule has 0 N–H and O–H groups in total. The van der Waals surface area contributed by atoms with Crippen LogP contribution in [-0.2, 0) is 0 Å². The molecule has 0 heterocycles. The summed E-state index contributed by atoms with van der Waals surface area (Å²) in [5.41, 5.74) is 0. The molecule has 2 aliphatic rings. The van der Waals surface area contributed by atoms with Crippen LogP contribution in [0.1, 0.15) is 39.0 Å². The quantitative estimate of drug-likeness (QED) is 0.491. The molecule has 17 heavy (non-hydrogen) atoms. The molecule has 0 saturated heterocycles. The number of hydrogen-bond donors (Lipinski definition) is 0. The maximum absolute atomic E-state index is 13.6. The van der Waals surface area contributed by atoms with Gasteiger partial charge in [0.1, 0.15) is 0 Å². The summed E-state index contributed by atoms with van der Waals surface area (Å²) in [6.45, 7) is 1.25. The SMILES string of the molecule is CCC(F)(F)CC(F)(F)CC1CC2C=CC1C2. The highest BCUT2D eigenvalue weighted by molar-refractivity contribution is 5.10. The molecule has 4 heteroatoms. The zero-order valence-corrected chi connectivity index (χ0v) is 9.93. The number of rotatable bonds is 5. The fraction of sp³-hybridized carbons (Fsp3) is 0.846. The van der Waals surface area contributed by atoms with E-state index in [2.05, 4.69) is 6.08 Å². The minimum atomic E-state index is -3.24. The Kier molecular flexibility index (Phi) is 3.25. The van der Waals surface area contributed by atoms with E-state index in [9.17, 15) is 17.6 Å². The van der Waals surface area contributed by atoms with Crippen molar-refractivity contribution in [1.82, 2.24) is 0 Å². The summed E-state index contributed by atoms with van der Waals surface area (Å²) in [4.78, 5) is 0. The third kappa shape index (κ3) is 3.02. The summed E-state index contributed by atoms with van der Waals surface area (Å²) in [5.74, 6) is -5.97. The molecule has 2 aliphatic carbocycles. The predicted molar refractivity (Wildman–Crippen MR) is 58.3 cm³/mol. The Balaban J connectivity index is 1.91. The molecule has 1 fully saturated rings. The zero-order valence-electron chi connectivity index (χ0n) is 9.93. The zero-order chi connectivity index (χ0) is 12.7. The van der Waals surface area contributed by atoms with Crippen molar-refractivity contribution >= 4 is 0 Å². The lowest BCUT2D eigenvalue weighted by atomic mass is 9.86. The monoisotopic (exact) mass is 250 g/mol. The second kappa shape index (κ2) is 4.29. The standard InChI is InChI=1S/C13H18F4/c1-2-12(14,15)8-13(16,17)7-11-6-9-3-4-10(11)5-9/h3-4,9-11H,2,5-8H2,1H3. The number of allylic oxidation sites excluding steroid dienone is 2. The van der Waals surface area contributed by atoms with E-state index in [0.717, 1.165) is 12.8 Å². The number of halogens is 4. The van der Waals surface area contributed by atoms with E-state index in [0.29, 0.717) is 5.92 Å². The van der Waals surface area contributed by atoms with Crippen molar-refractivity contribution < 1.29 is 17.6 Å². The van der Waals surface area contributed by atoms with Gasteiger partial charge in [0.25, 0.3) is 11.8 Å². The number of hydrogen-bond acceptors (Lipinski definition) is 0. The summed E-state index contributed by atoms with van der Waals surface area (Å²) in [6, 6.07) is 0. The lowest BCUT2D eigenvalue weighted by molar-refractivity contribution is -0.122. The third-order valence-electron chi connectivity index (χ3n) is 4.01. The molecule has 0 nitrogen and oxygen atoms in total. The Morgan fingerprint density at radius 2 is 1.76 bits per heavy atom. The van der Waals surface area contributed by atoms with Gasteiger partial charge >= 0.3 is 0 Å². The van der Waals surface area contributed by atoms with Crippen molar-refractivity contribution in [2.45, 2.75) is 50.9 Å². The van der Waals surface area contributed by atoms with Gasteiger partial charge in [-0.25, -0.2) is 17.6 Å². The van der Waals surface area contributed by atoms with Gasteiger partial charge in [-0.15, -0.1) is 0 Å². The van der Waals surface area contributed by atoms with Crippen molar-refractivity contribution in [3.63, 3.8) is 0 Å². The number of fused-ring (bicyclic) bond motifs is 2. The second-order valence-electron chi connectivity index (χ2n) is 5.49. The van der Waals surface area contributed by atoms with Crippen LogP contribution in [0.2, 0.25) is 0 Å². The van der Waals surface area contributed by atoms with Crippen molar-refractivity contribution in [3.05, 3.63) is 12.2 Å². The van der Waals surface area contributed by atoms with Gasteiger partial charge in [-0.1, -0.05) is 19.1 Å². The molecule has 0 amide bonds. The van der Waals surface area contributed by atoms with Crippen LogP contribution in [0, 0.1) is 17.8 Å². The molecule has 0 spiro atoms. The van der Waals surface area contributed by atoms with Crippen LogP contribution in [0.25, 0.3) is 0 Å². The smallest absolute Gasteiger partial charge is 0.207 e. The molecule has 0 radical (unpaired) electrons. The van der Waals surface area contributed by atoms with Crippen LogP contribution in [0.3, 0.4) is 0 Å². The molecule has 2 bridgehead atoms. The Morgan fingerprint density at radius 1 is 1.06 bits per heavy atom. The minimum Gasteiger partial charge on any atom is -0.207 e. The van der Waals surface area contributed by atoms with Crippen molar-refractivity contribution in [3.8, 4) is 0 Å². The van der Waals surface area contributed by atoms with Crippen LogP contribution in [-0.4, -0.2) is 11.8 Å². The lowest BCUT2D eigenvalue weighted by Crippen LogP contribution is -2.31. The molecular formula is C13H18F4. The van der Waals surface area contributed by atoms with Gasteiger partial charge in [-0.2, -0.15) is 0 Å². The van der Waals surface area contributed by atoms with Gasteiger partial charge in [0.2, 0.25) is 0 Å². The summed E-state index contributed by atoms with van der Waals surface area (Å²) in [7, 11) is 0. The number of alkyl halides is 4. The van der Waals surface area contributed by atoms with E-state index in [4.69, 9.17) is 0 Å². The Morgan fingerprint density at radius 3 is 2.24 bits per heavy atom. The molecule has 0 aromatic heterocycles. The van der Waals surface area contributed by atoms with Crippen molar-refractivity contribution in [2.24, 2.45) is 17.8 Å². The summed E-state index contributed by atoms with van der Waals surface area (Å²) in [5, 5.41) is 0. The normalized spacial score (nSPS) is 32.4. The first-order valence-electron chi connectivity index (χ1n) is 6.25. The fourth-order valence-corrected chi connectivity index (χ4v) is 3.09. The Bertz CT molecular complexity index is 309. The predicted octanol–water partition coefficient (Wildman–Crippen LogP) is 4.66. The van der Waals surface area contributed by atoms with Gasteiger partial charge in [0.15, 0.2) is 0 Å². The molecule has 1 saturated carbocycles. The first-order chi connectivity index (χ1) is 7.81. The molecule has 2 rings (SSSR count). The van der Waals surface area contributed by atoms with Gasteiger partial charge in [0, 0.05) is 12.8 Å². The average Bonchev–Trinajstić information content (AvgIpc) is 2.76. The van der Waals surface area contributed by atoms with E-state index in [1.807, 2.05) is 6.08 Å². The van der Waals surface area contributed by atoms with E-state index in [1.165, 1.54) is 6.92 Å². The van der Waals surface area contributed by atoms with Gasteiger partial charge < -0.3 is 0 Å². The van der Waals surface area contributed by atoms with Crippen LogP contribution in [0.4, 0.5) is 17.6 Å². The molecule has 3 atom stereocenters. The highest BCUT2D eigenvalue weighted by Crippen LogP contribution is 2.49. The Labute approximate surface area is 99.1 Å². The van der Waals surface area contributed by atoms with E-state index >= 15 is 0 Å². The molecular weight excluding hydrogens is 232 g/mol. The third-order valence-corrected chi connectivity index (χ3v) is 4.01. The Hall–Kier alpha value is -0.540. The van der Waals surface area contributed by atoms with E-state index in [-0.39, 0.29) is 18.3 Å². The molecule has 0 aliphatic heterocycles. The maximum atomic E-state index is 13.6. The highest BCUT2D eigenvalue weighted by Gasteiger charge is 2.46. The molecule has 98 valence electrons.